The summed E-state index contributed by atoms with van der Waals surface area (Å²) in [5.41, 5.74) is 5.20. The van der Waals surface area contributed by atoms with Gasteiger partial charge in [0.15, 0.2) is 0 Å². The van der Waals surface area contributed by atoms with E-state index in [1.807, 2.05) is 45.3 Å². The van der Waals surface area contributed by atoms with Crippen LogP contribution in [0.3, 0.4) is 0 Å². The molecule has 32 heavy (non-hydrogen) atoms. The molecule has 1 amide bonds. The van der Waals surface area contributed by atoms with Crippen molar-refractivity contribution in [2.45, 2.75) is 19.9 Å². The van der Waals surface area contributed by atoms with Gasteiger partial charge in [-0.25, -0.2) is 4.98 Å². The number of aromatic nitrogens is 4. The fourth-order valence-electron chi connectivity index (χ4n) is 3.66. The quantitative estimate of drug-likeness (QED) is 0.344. The second-order valence-corrected chi connectivity index (χ2v) is 8.02. The van der Waals surface area contributed by atoms with Crippen LogP contribution in [0.2, 0.25) is 5.02 Å². The molecule has 0 bridgehead atoms. The molecule has 0 unspecified atom stereocenters. The van der Waals surface area contributed by atoms with E-state index in [4.69, 9.17) is 11.6 Å². The van der Waals surface area contributed by atoms with E-state index in [2.05, 4.69) is 20.4 Å². The highest BCUT2D eigenvalue weighted by atomic mass is 35.5. The molecule has 7 nitrogen and oxygen atoms in total. The number of benzene rings is 1. The van der Waals surface area contributed by atoms with Gasteiger partial charge in [0.1, 0.15) is 17.3 Å². The molecule has 1 aromatic carbocycles. The van der Waals surface area contributed by atoms with Crippen molar-refractivity contribution >= 4 is 34.6 Å². The summed E-state index contributed by atoms with van der Waals surface area (Å²) < 4.78 is 1.73. The third-order valence-corrected chi connectivity index (χ3v) is 5.64. The molecule has 0 spiro atoms. The Morgan fingerprint density at radius 2 is 2.06 bits per heavy atom. The van der Waals surface area contributed by atoms with E-state index in [1.165, 1.54) is 0 Å². The number of aryl methyl sites for hydroxylation is 2. The maximum absolute atomic E-state index is 12.8. The van der Waals surface area contributed by atoms with Gasteiger partial charge in [0.05, 0.1) is 12.2 Å². The molecule has 0 saturated carbocycles. The molecule has 0 radical (unpaired) electrons. The van der Waals surface area contributed by atoms with Gasteiger partial charge in [0.25, 0.3) is 5.91 Å². The number of nitrogens with one attached hydrogen (secondary N) is 2. The van der Waals surface area contributed by atoms with Crippen LogP contribution in [0.1, 0.15) is 29.7 Å². The molecule has 3 heterocycles. The first-order chi connectivity index (χ1) is 15.4. The maximum atomic E-state index is 12.8. The molecular weight excluding hydrogens is 424 g/mol. The largest absolute Gasteiger partial charge is 0.346 e. The van der Waals surface area contributed by atoms with Gasteiger partial charge in [-0.05, 0) is 43.2 Å². The number of amides is 1. The average Bonchev–Trinajstić information content (AvgIpc) is 3.39. The number of H-pyrrole nitrogens is 1. The topological polar surface area (TPSA) is 99.4 Å². The number of nitrogens with zero attached hydrogens (tertiary/aromatic N) is 4. The van der Waals surface area contributed by atoms with Crippen LogP contribution in [0.4, 0.5) is 0 Å². The van der Waals surface area contributed by atoms with E-state index in [-0.39, 0.29) is 11.6 Å². The number of nitriles is 1. The molecular formula is C24H21ClN6O. The SMILES string of the molecule is Cc1c(-c2cnn(C)c2)cnc2[nH]cc(/C=C(\C#N)C(=O)N[C@H](C)c3ccc(Cl)cc3)c12. The van der Waals surface area contributed by atoms with Crippen LogP contribution in [-0.4, -0.2) is 25.7 Å². The highest BCUT2D eigenvalue weighted by Gasteiger charge is 2.17. The number of carbonyl (C=O) groups excluding carboxylic acids is 1. The zero-order chi connectivity index (χ0) is 22.8. The van der Waals surface area contributed by atoms with Crippen molar-refractivity contribution in [1.82, 2.24) is 25.1 Å². The highest BCUT2D eigenvalue weighted by Crippen LogP contribution is 2.31. The molecule has 0 aliphatic heterocycles. The van der Waals surface area contributed by atoms with Gasteiger partial charge in [-0.3, -0.25) is 9.48 Å². The zero-order valence-corrected chi connectivity index (χ0v) is 18.6. The Morgan fingerprint density at radius 3 is 2.72 bits per heavy atom. The van der Waals surface area contributed by atoms with Gasteiger partial charge < -0.3 is 10.3 Å². The van der Waals surface area contributed by atoms with Crippen molar-refractivity contribution in [3.05, 3.63) is 76.3 Å². The number of carbonyl (C=O) groups is 1. The summed E-state index contributed by atoms with van der Waals surface area (Å²) in [6, 6.07) is 8.96. The van der Waals surface area contributed by atoms with Crippen molar-refractivity contribution < 1.29 is 4.79 Å². The van der Waals surface area contributed by atoms with E-state index in [9.17, 15) is 10.1 Å². The summed E-state index contributed by atoms with van der Waals surface area (Å²) in [5, 5.41) is 18.2. The first-order valence-corrected chi connectivity index (χ1v) is 10.4. The van der Waals surface area contributed by atoms with Crippen molar-refractivity contribution in [3.8, 4) is 17.2 Å². The highest BCUT2D eigenvalue weighted by molar-refractivity contribution is 6.30. The molecule has 4 rings (SSSR count). The van der Waals surface area contributed by atoms with Crippen LogP contribution >= 0.6 is 11.6 Å². The smallest absolute Gasteiger partial charge is 0.262 e. The Labute approximate surface area is 190 Å². The lowest BCUT2D eigenvalue weighted by Crippen LogP contribution is -2.27. The lowest BCUT2D eigenvalue weighted by Gasteiger charge is -2.14. The van der Waals surface area contributed by atoms with Crippen LogP contribution in [0.15, 0.2) is 54.6 Å². The molecule has 4 aromatic rings. The normalized spacial score (nSPS) is 12.5. The summed E-state index contributed by atoms with van der Waals surface area (Å²) in [6.07, 6.45) is 8.84. The number of aromatic amines is 1. The molecule has 0 aliphatic carbocycles. The van der Waals surface area contributed by atoms with E-state index in [1.54, 1.807) is 41.5 Å². The Balaban J connectivity index is 1.66. The maximum Gasteiger partial charge on any atom is 0.262 e. The molecule has 160 valence electrons. The Hall–Kier alpha value is -3.89. The molecule has 1 atom stereocenters. The third-order valence-electron chi connectivity index (χ3n) is 5.39. The van der Waals surface area contributed by atoms with Crippen LogP contribution in [0.5, 0.6) is 0 Å². The molecule has 8 heteroatoms. The number of fused-ring (bicyclic) bond motifs is 1. The summed E-state index contributed by atoms with van der Waals surface area (Å²) in [5.74, 6) is -0.446. The molecule has 0 aliphatic rings. The zero-order valence-electron chi connectivity index (χ0n) is 17.8. The minimum absolute atomic E-state index is 0.0119. The molecule has 3 aromatic heterocycles. The number of halogens is 1. The van der Waals surface area contributed by atoms with E-state index < -0.39 is 5.91 Å². The van der Waals surface area contributed by atoms with E-state index in [0.717, 1.165) is 33.2 Å². The first-order valence-electron chi connectivity index (χ1n) is 10.0. The van der Waals surface area contributed by atoms with Crippen molar-refractivity contribution in [1.29, 1.82) is 5.26 Å². The predicted molar refractivity (Wildman–Crippen MR) is 125 cm³/mol. The second kappa shape index (κ2) is 8.69. The Kier molecular flexibility index (Phi) is 5.80. The lowest BCUT2D eigenvalue weighted by molar-refractivity contribution is -0.117. The van der Waals surface area contributed by atoms with Crippen molar-refractivity contribution in [2.75, 3.05) is 0 Å². The first kappa shape index (κ1) is 21.3. The fraction of sp³-hybridized carbons (Fsp3) is 0.167. The van der Waals surface area contributed by atoms with Crippen LogP contribution < -0.4 is 5.32 Å². The van der Waals surface area contributed by atoms with Crippen LogP contribution in [0, 0.1) is 18.3 Å². The number of hydrogen-bond acceptors (Lipinski definition) is 4. The summed E-state index contributed by atoms with van der Waals surface area (Å²) >= 11 is 5.93. The Bertz CT molecular complexity index is 1370. The molecule has 2 N–H and O–H groups in total. The second-order valence-electron chi connectivity index (χ2n) is 7.58. The number of hydrogen-bond donors (Lipinski definition) is 2. The fourth-order valence-corrected chi connectivity index (χ4v) is 3.79. The summed E-state index contributed by atoms with van der Waals surface area (Å²) in [7, 11) is 1.86. The minimum Gasteiger partial charge on any atom is -0.346 e. The summed E-state index contributed by atoms with van der Waals surface area (Å²) in [6.45, 7) is 3.85. The van der Waals surface area contributed by atoms with Gasteiger partial charge in [-0.2, -0.15) is 10.4 Å². The van der Waals surface area contributed by atoms with Crippen molar-refractivity contribution in [3.63, 3.8) is 0 Å². The predicted octanol–water partition coefficient (Wildman–Crippen LogP) is 4.71. The monoisotopic (exact) mass is 444 g/mol. The van der Waals surface area contributed by atoms with Gasteiger partial charge in [-0.1, -0.05) is 23.7 Å². The van der Waals surface area contributed by atoms with Crippen molar-refractivity contribution in [2.24, 2.45) is 7.05 Å². The molecule has 0 saturated heterocycles. The number of rotatable bonds is 5. The van der Waals surface area contributed by atoms with Gasteiger partial charge >= 0.3 is 0 Å². The standard InChI is InChI=1S/C24H21ClN6O/c1-14-21(19-11-29-31(3)13-19)12-28-23-22(14)18(10-27-23)8-17(9-26)24(32)30-15(2)16-4-6-20(25)7-5-16/h4-8,10-13,15H,1-3H3,(H,27,28)(H,30,32)/b17-8+/t15-/m1/s1. The van der Waals surface area contributed by atoms with Crippen LogP contribution in [0.25, 0.3) is 28.2 Å². The Morgan fingerprint density at radius 1 is 1.31 bits per heavy atom. The van der Waals surface area contributed by atoms with Gasteiger partial charge in [-0.15, -0.1) is 0 Å². The molecule has 0 fully saturated rings. The van der Waals surface area contributed by atoms with Crippen LogP contribution in [-0.2, 0) is 11.8 Å². The lowest BCUT2D eigenvalue weighted by atomic mass is 10.0. The number of pyridine rings is 1. The minimum atomic E-state index is -0.446. The van der Waals surface area contributed by atoms with E-state index >= 15 is 0 Å². The average molecular weight is 445 g/mol. The van der Waals surface area contributed by atoms with Gasteiger partial charge in [0, 0.05) is 52.7 Å². The van der Waals surface area contributed by atoms with E-state index in [0.29, 0.717) is 10.7 Å². The van der Waals surface area contributed by atoms with Gasteiger partial charge in [0.2, 0.25) is 0 Å². The summed E-state index contributed by atoms with van der Waals surface area (Å²) in [4.78, 5) is 20.4. The third kappa shape index (κ3) is 4.13.